The molecule has 1 saturated carbocycles. The molecule has 1 N–H and O–H groups in total. The first kappa shape index (κ1) is 15.4. The van der Waals surface area contributed by atoms with Crippen molar-refractivity contribution in [3.05, 3.63) is 33.8 Å². The maximum atomic E-state index is 12.9. The van der Waals surface area contributed by atoms with E-state index in [9.17, 15) is 19.5 Å². The highest BCUT2D eigenvalue weighted by molar-refractivity contribution is 9.10. The predicted molar refractivity (Wildman–Crippen MR) is 83.8 cm³/mol. The molecule has 2 aliphatic rings. The molecule has 1 fully saturated rings. The minimum absolute atomic E-state index is 0.00428. The average Bonchev–Trinajstić information content (AvgIpc) is 2.74. The fourth-order valence-electron chi connectivity index (χ4n) is 4.01. The smallest absolute Gasteiger partial charge is 0.317 e. The fraction of sp³-hybridized carbons (Fsp3) is 0.471. The molecule has 0 saturated heterocycles. The molecule has 1 aromatic carbocycles. The van der Waals surface area contributed by atoms with Crippen molar-refractivity contribution in [2.24, 2.45) is 10.8 Å². The van der Waals surface area contributed by atoms with Gasteiger partial charge in [0.2, 0.25) is 0 Å². The van der Waals surface area contributed by atoms with Gasteiger partial charge in [0.25, 0.3) is 0 Å². The Labute approximate surface area is 137 Å². The molecular weight excluding hydrogens is 348 g/mol. The van der Waals surface area contributed by atoms with E-state index in [0.29, 0.717) is 18.4 Å². The van der Waals surface area contributed by atoms with Gasteiger partial charge >= 0.3 is 5.97 Å². The summed E-state index contributed by atoms with van der Waals surface area (Å²) in [6.07, 6.45) is 1.51. The van der Waals surface area contributed by atoms with Crippen LogP contribution < -0.4 is 0 Å². The third-order valence-electron chi connectivity index (χ3n) is 5.34. The molecule has 1 spiro atoms. The van der Waals surface area contributed by atoms with Crippen molar-refractivity contribution in [1.82, 2.24) is 0 Å². The van der Waals surface area contributed by atoms with Crippen LogP contribution in [-0.2, 0) is 16.0 Å². The van der Waals surface area contributed by atoms with E-state index in [-0.39, 0.29) is 30.8 Å². The highest BCUT2D eigenvalue weighted by atomic mass is 79.9. The number of hydrogen-bond acceptors (Lipinski definition) is 3. The lowest BCUT2D eigenvalue weighted by molar-refractivity contribution is -0.160. The normalized spacial score (nSPS) is 30.6. The number of carboxylic acids is 1. The van der Waals surface area contributed by atoms with E-state index in [2.05, 4.69) is 15.9 Å². The van der Waals surface area contributed by atoms with Crippen molar-refractivity contribution in [1.29, 1.82) is 0 Å². The van der Waals surface area contributed by atoms with Crippen molar-refractivity contribution >= 4 is 33.5 Å². The topological polar surface area (TPSA) is 71.4 Å². The Morgan fingerprint density at radius 1 is 1.36 bits per heavy atom. The maximum Gasteiger partial charge on any atom is 0.317 e. The second-order valence-corrected chi connectivity index (χ2v) is 7.34. The van der Waals surface area contributed by atoms with Crippen molar-refractivity contribution in [3.63, 3.8) is 0 Å². The quantitative estimate of drug-likeness (QED) is 0.816. The molecule has 4 nitrogen and oxygen atoms in total. The summed E-state index contributed by atoms with van der Waals surface area (Å²) in [6.45, 7) is 1.72. The van der Waals surface area contributed by atoms with E-state index in [1.54, 1.807) is 13.0 Å². The number of fused-ring (bicyclic) bond motifs is 1. The second kappa shape index (κ2) is 5.01. The number of ketones is 2. The Morgan fingerprint density at radius 3 is 2.73 bits per heavy atom. The molecule has 22 heavy (non-hydrogen) atoms. The molecule has 0 bridgehead atoms. The number of Topliss-reactive ketones (excluding diaryl/α,β-unsaturated/α-hetero) is 2. The van der Waals surface area contributed by atoms with Crippen LogP contribution in [0.2, 0.25) is 0 Å². The summed E-state index contributed by atoms with van der Waals surface area (Å²) in [6, 6.07) is 5.61. The molecule has 2 atom stereocenters. The van der Waals surface area contributed by atoms with Gasteiger partial charge in [-0.25, -0.2) is 0 Å². The Kier molecular flexibility index (Phi) is 3.51. The van der Waals surface area contributed by atoms with Gasteiger partial charge in [-0.3, -0.25) is 14.4 Å². The zero-order valence-electron chi connectivity index (χ0n) is 12.3. The molecular formula is C17H17BrO4. The van der Waals surface area contributed by atoms with Gasteiger partial charge in [0, 0.05) is 21.9 Å². The van der Waals surface area contributed by atoms with Crippen LogP contribution in [0.4, 0.5) is 0 Å². The van der Waals surface area contributed by atoms with Crippen molar-refractivity contribution in [2.75, 3.05) is 0 Å². The molecule has 0 aromatic heterocycles. The van der Waals surface area contributed by atoms with Crippen molar-refractivity contribution in [2.45, 2.75) is 39.0 Å². The number of hydrogen-bond donors (Lipinski definition) is 1. The SMILES string of the molecule is CCC1(C(=O)O)C[C@@]2(CCC1=O)Cc1ccc(Br)cc1C2=O. The number of carbonyl (C=O) groups is 3. The van der Waals surface area contributed by atoms with Crippen LogP contribution in [0, 0.1) is 10.8 Å². The minimum Gasteiger partial charge on any atom is -0.480 e. The predicted octanol–water partition coefficient (Wildman–Crippen LogP) is 3.41. The van der Waals surface area contributed by atoms with Crippen LogP contribution in [0.3, 0.4) is 0 Å². The van der Waals surface area contributed by atoms with E-state index in [1.807, 2.05) is 12.1 Å². The molecule has 2 aliphatic carbocycles. The molecule has 116 valence electrons. The van der Waals surface area contributed by atoms with Gasteiger partial charge in [0.05, 0.1) is 0 Å². The highest BCUT2D eigenvalue weighted by Crippen LogP contribution is 2.53. The van der Waals surface area contributed by atoms with Gasteiger partial charge in [-0.15, -0.1) is 0 Å². The Hall–Kier alpha value is -1.49. The van der Waals surface area contributed by atoms with Gasteiger partial charge in [-0.1, -0.05) is 28.9 Å². The van der Waals surface area contributed by atoms with Crippen molar-refractivity contribution < 1.29 is 19.5 Å². The van der Waals surface area contributed by atoms with Gasteiger partial charge in [-0.2, -0.15) is 0 Å². The number of aliphatic carboxylic acids is 1. The second-order valence-electron chi connectivity index (χ2n) is 6.43. The van der Waals surface area contributed by atoms with Gasteiger partial charge in [0.15, 0.2) is 5.78 Å². The van der Waals surface area contributed by atoms with Gasteiger partial charge in [0.1, 0.15) is 11.2 Å². The summed E-state index contributed by atoms with van der Waals surface area (Å²) in [5.74, 6) is -1.34. The number of benzene rings is 1. The summed E-state index contributed by atoms with van der Waals surface area (Å²) >= 11 is 3.37. The molecule has 1 aromatic rings. The summed E-state index contributed by atoms with van der Waals surface area (Å²) in [5.41, 5.74) is -0.518. The molecule has 1 unspecified atom stereocenters. The Balaban J connectivity index is 2.04. The largest absolute Gasteiger partial charge is 0.480 e. The Bertz CT molecular complexity index is 696. The number of carbonyl (C=O) groups excluding carboxylic acids is 2. The molecule has 3 rings (SSSR count). The van der Waals surface area contributed by atoms with E-state index < -0.39 is 16.8 Å². The van der Waals surface area contributed by atoms with Crippen LogP contribution >= 0.6 is 15.9 Å². The van der Waals surface area contributed by atoms with Crippen LogP contribution in [-0.4, -0.2) is 22.6 Å². The maximum absolute atomic E-state index is 12.9. The molecule has 0 amide bonds. The molecule has 0 aliphatic heterocycles. The minimum atomic E-state index is -1.41. The van der Waals surface area contributed by atoms with E-state index in [4.69, 9.17) is 0 Å². The molecule has 0 heterocycles. The lowest BCUT2D eigenvalue weighted by atomic mass is 9.59. The fourth-order valence-corrected chi connectivity index (χ4v) is 4.38. The first-order valence-electron chi connectivity index (χ1n) is 7.44. The standard InChI is InChI=1S/C17H17BrO4/c1-2-17(15(21)22)9-16(6-5-13(17)19)8-10-3-4-11(18)7-12(10)14(16)20/h3-4,7H,2,5-6,8-9H2,1H3,(H,21,22)/t16-,17?/m1/s1. The number of rotatable bonds is 2. The molecule has 5 heteroatoms. The van der Waals surface area contributed by atoms with Crippen molar-refractivity contribution in [3.8, 4) is 0 Å². The summed E-state index contributed by atoms with van der Waals surface area (Å²) in [5, 5.41) is 9.61. The zero-order chi connectivity index (χ0) is 16.1. The van der Waals surface area contributed by atoms with E-state index >= 15 is 0 Å². The highest BCUT2D eigenvalue weighted by Gasteiger charge is 2.58. The third-order valence-corrected chi connectivity index (χ3v) is 5.84. The van der Waals surface area contributed by atoms with Gasteiger partial charge < -0.3 is 5.11 Å². The lowest BCUT2D eigenvalue weighted by Crippen LogP contribution is -2.50. The molecule has 0 radical (unpaired) electrons. The van der Waals surface area contributed by atoms with Crippen LogP contribution in [0.5, 0.6) is 0 Å². The van der Waals surface area contributed by atoms with Crippen LogP contribution in [0.1, 0.15) is 48.5 Å². The first-order chi connectivity index (χ1) is 10.3. The number of carboxylic acid groups (broad SMARTS) is 1. The van der Waals surface area contributed by atoms with E-state index in [0.717, 1.165) is 10.0 Å². The van der Waals surface area contributed by atoms with Crippen LogP contribution in [0.15, 0.2) is 22.7 Å². The monoisotopic (exact) mass is 364 g/mol. The summed E-state index contributed by atoms with van der Waals surface area (Å²) in [7, 11) is 0. The third kappa shape index (κ3) is 1.98. The summed E-state index contributed by atoms with van der Waals surface area (Å²) in [4.78, 5) is 36.9. The zero-order valence-corrected chi connectivity index (χ0v) is 13.9. The average molecular weight is 365 g/mol. The lowest BCUT2D eigenvalue weighted by Gasteiger charge is -2.41. The Morgan fingerprint density at radius 2 is 2.09 bits per heavy atom. The first-order valence-corrected chi connectivity index (χ1v) is 8.24. The van der Waals surface area contributed by atoms with E-state index in [1.165, 1.54) is 0 Å². The van der Waals surface area contributed by atoms with Crippen LogP contribution in [0.25, 0.3) is 0 Å². The summed E-state index contributed by atoms with van der Waals surface area (Å²) < 4.78 is 0.837. The number of halogens is 1. The van der Waals surface area contributed by atoms with Gasteiger partial charge in [-0.05, 0) is 43.4 Å².